The predicted octanol–water partition coefficient (Wildman–Crippen LogP) is 2.59. The minimum Gasteiger partial charge on any atom is -0.492 e. The Morgan fingerprint density at radius 1 is 0.611 bits per heavy atom. The Morgan fingerprint density at radius 2 is 0.944 bits per heavy atom. The first kappa shape index (κ1) is 15.3. The summed E-state index contributed by atoms with van der Waals surface area (Å²) in [4.78, 5) is 0. The second-order valence-electron chi connectivity index (χ2n) is 4.96. The summed E-state index contributed by atoms with van der Waals surface area (Å²) < 4.78 is 22.5. The molecular formula is C14H26O4. The molecule has 0 fully saturated rings. The molecule has 0 aromatic rings. The van der Waals surface area contributed by atoms with Crippen molar-refractivity contribution in [3.63, 3.8) is 0 Å². The van der Waals surface area contributed by atoms with Crippen LogP contribution < -0.4 is 0 Å². The van der Waals surface area contributed by atoms with Gasteiger partial charge in [-0.05, 0) is 0 Å². The molecule has 1 aliphatic rings. The molecule has 4 nitrogen and oxygen atoms in total. The van der Waals surface area contributed by atoms with E-state index in [0.717, 1.165) is 11.5 Å². The van der Waals surface area contributed by atoms with Gasteiger partial charge in [0, 0.05) is 11.8 Å². The number of hydrogen-bond donors (Lipinski definition) is 0. The lowest BCUT2D eigenvalue weighted by Crippen LogP contribution is -2.18. The molecule has 0 saturated heterocycles. The van der Waals surface area contributed by atoms with E-state index in [0.29, 0.717) is 51.5 Å². The minimum absolute atomic E-state index is 0.311. The lowest BCUT2D eigenvalue weighted by atomic mass is 10.1. The van der Waals surface area contributed by atoms with E-state index in [-0.39, 0.29) is 0 Å². The normalized spacial score (nSPS) is 24.1. The summed E-state index contributed by atoms with van der Waals surface area (Å²) in [5.41, 5.74) is 0. The Kier molecular flexibility index (Phi) is 7.13. The molecule has 0 bridgehead atoms. The van der Waals surface area contributed by atoms with E-state index >= 15 is 0 Å². The summed E-state index contributed by atoms with van der Waals surface area (Å²) in [5, 5.41) is 0. The highest BCUT2D eigenvalue weighted by Crippen LogP contribution is 2.23. The third-order valence-electron chi connectivity index (χ3n) is 2.63. The molecule has 0 aromatic carbocycles. The van der Waals surface area contributed by atoms with Crippen LogP contribution in [0.15, 0.2) is 11.5 Å². The van der Waals surface area contributed by atoms with Crippen molar-refractivity contribution in [2.24, 2.45) is 11.8 Å². The Balaban J connectivity index is 2.76. The minimum atomic E-state index is 0.311. The van der Waals surface area contributed by atoms with Crippen molar-refractivity contribution >= 4 is 0 Å². The largest absolute Gasteiger partial charge is 0.492 e. The Hall–Kier alpha value is -0.740. The maximum atomic E-state index is 5.84. The van der Waals surface area contributed by atoms with Crippen LogP contribution in [0.4, 0.5) is 0 Å². The molecule has 106 valence electrons. The molecule has 0 N–H and O–H groups in total. The van der Waals surface area contributed by atoms with E-state index in [9.17, 15) is 0 Å². The zero-order valence-electron chi connectivity index (χ0n) is 12.0. The zero-order valence-corrected chi connectivity index (χ0v) is 12.0. The number of allylic oxidation sites excluding steroid dienone is 2. The van der Waals surface area contributed by atoms with Crippen LogP contribution in [0, 0.1) is 11.8 Å². The van der Waals surface area contributed by atoms with Gasteiger partial charge in [0.25, 0.3) is 0 Å². The van der Waals surface area contributed by atoms with E-state index in [1.54, 1.807) is 0 Å². The molecular weight excluding hydrogens is 232 g/mol. The summed E-state index contributed by atoms with van der Waals surface area (Å²) in [6, 6.07) is 0. The van der Waals surface area contributed by atoms with Gasteiger partial charge in [0.1, 0.15) is 24.7 Å². The number of rotatable bonds is 2. The van der Waals surface area contributed by atoms with E-state index < -0.39 is 0 Å². The second kappa shape index (κ2) is 8.38. The molecule has 1 heterocycles. The molecule has 0 unspecified atom stereocenters. The van der Waals surface area contributed by atoms with Crippen LogP contribution in [0.1, 0.15) is 27.7 Å². The van der Waals surface area contributed by atoms with Crippen molar-refractivity contribution in [1.29, 1.82) is 0 Å². The van der Waals surface area contributed by atoms with Crippen LogP contribution in [0.2, 0.25) is 0 Å². The highest BCUT2D eigenvalue weighted by molar-refractivity contribution is 5.06. The topological polar surface area (TPSA) is 36.9 Å². The maximum absolute atomic E-state index is 5.84. The lowest BCUT2D eigenvalue weighted by Gasteiger charge is -2.22. The van der Waals surface area contributed by atoms with Crippen molar-refractivity contribution < 1.29 is 18.9 Å². The molecule has 0 radical (unpaired) electrons. The van der Waals surface area contributed by atoms with Gasteiger partial charge in [-0.2, -0.15) is 0 Å². The number of ether oxygens (including phenoxy) is 4. The average Bonchev–Trinajstić information content (AvgIpc) is 2.28. The Morgan fingerprint density at radius 3 is 1.28 bits per heavy atom. The van der Waals surface area contributed by atoms with Gasteiger partial charge >= 0.3 is 0 Å². The third-order valence-corrected chi connectivity index (χ3v) is 2.63. The summed E-state index contributed by atoms with van der Waals surface area (Å²) in [5.74, 6) is 2.50. The molecule has 0 amide bonds. The fraction of sp³-hybridized carbons (Fsp3) is 0.857. The van der Waals surface area contributed by atoms with E-state index in [4.69, 9.17) is 18.9 Å². The first-order valence-electron chi connectivity index (χ1n) is 6.78. The molecule has 0 spiro atoms. The monoisotopic (exact) mass is 258 g/mol. The summed E-state index contributed by atoms with van der Waals surface area (Å²) in [6.45, 7) is 12.0. The molecule has 4 heteroatoms. The highest BCUT2D eigenvalue weighted by atomic mass is 16.6. The standard InChI is InChI=1S/C14H26O4/c1-11(2)13-14(12(3)4)18-10-8-16-6-5-15-7-9-17-13/h11-12H,5-10H2,1-4H3/b14-13-. The SMILES string of the molecule is CC(C)/C1=C(\C(C)C)OCCOCCOCCO1. The van der Waals surface area contributed by atoms with Gasteiger partial charge in [0.05, 0.1) is 26.4 Å². The lowest BCUT2D eigenvalue weighted by molar-refractivity contribution is -0.00475. The quantitative estimate of drug-likeness (QED) is 0.763. The van der Waals surface area contributed by atoms with E-state index in [1.807, 2.05) is 0 Å². The van der Waals surface area contributed by atoms with Gasteiger partial charge < -0.3 is 18.9 Å². The second-order valence-corrected chi connectivity index (χ2v) is 4.96. The summed E-state index contributed by atoms with van der Waals surface area (Å²) in [7, 11) is 0. The van der Waals surface area contributed by atoms with Crippen LogP contribution in [0.25, 0.3) is 0 Å². The van der Waals surface area contributed by atoms with Gasteiger partial charge in [-0.3, -0.25) is 0 Å². The molecule has 0 aromatic heterocycles. The molecule has 0 aliphatic carbocycles. The van der Waals surface area contributed by atoms with Gasteiger partial charge in [0.15, 0.2) is 0 Å². The van der Waals surface area contributed by atoms with Gasteiger partial charge in [-0.25, -0.2) is 0 Å². The van der Waals surface area contributed by atoms with Crippen LogP contribution in [0.3, 0.4) is 0 Å². The highest BCUT2D eigenvalue weighted by Gasteiger charge is 2.17. The van der Waals surface area contributed by atoms with Crippen molar-refractivity contribution in [2.45, 2.75) is 27.7 Å². The van der Waals surface area contributed by atoms with E-state index in [2.05, 4.69) is 27.7 Å². The average molecular weight is 258 g/mol. The Bertz CT molecular complexity index is 233. The first-order chi connectivity index (χ1) is 8.63. The maximum Gasteiger partial charge on any atom is 0.136 e. The fourth-order valence-corrected chi connectivity index (χ4v) is 1.79. The molecule has 1 aliphatic heterocycles. The molecule has 0 saturated carbocycles. The van der Waals surface area contributed by atoms with Crippen molar-refractivity contribution in [1.82, 2.24) is 0 Å². The fourth-order valence-electron chi connectivity index (χ4n) is 1.79. The third kappa shape index (κ3) is 5.27. The molecule has 18 heavy (non-hydrogen) atoms. The summed E-state index contributed by atoms with van der Waals surface area (Å²) >= 11 is 0. The van der Waals surface area contributed by atoms with Crippen molar-refractivity contribution in [3.05, 3.63) is 11.5 Å². The first-order valence-corrected chi connectivity index (χ1v) is 6.78. The van der Waals surface area contributed by atoms with Gasteiger partial charge in [-0.15, -0.1) is 0 Å². The van der Waals surface area contributed by atoms with Crippen LogP contribution in [-0.2, 0) is 18.9 Å². The molecule has 0 atom stereocenters. The number of hydrogen-bond acceptors (Lipinski definition) is 4. The summed E-state index contributed by atoms with van der Waals surface area (Å²) in [6.07, 6.45) is 0. The Labute approximate surface area is 110 Å². The predicted molar refractivity (Wildman–Crippen MR) is 70.2 cm³/mol. The van der Waals surface area contributed by atoms with Crippen LogP contribution in [-0.4, -0.2) is 39.6 Å². The van der Waals surface area contributed by atoms with Crippen LogP contribution in [0.5, 0.6) is 0 Å². The van der Waals surface area contributed by atoms with Crippen LogP contribution >= 0.6 is 0 Å². The zero-order chi connectivity index (χ0) is 13.4. The van der Waals surface area contributed by atoms with Gasteiger partial charge in [0.2, 0.25) is 0 Å². The molecule has 1 rings (SSSR count). The van der Waals surface area contributed by atoms with Crippen molar-refractivity contribution in [3.8, 4) is 0 Å². The smallest absolute Gasteiger partial charge is 0.136 e. The van der Waals surface area contributed by atoms with Crippen molar-refractivity contribution in [2.75, 3.05) is 39.6 Å². The van der Waals surface area contributed by atoms with Gasteiger partial charge in [-0.1, -0.05) is 27.7 Å². The van der Waals surface area contributed by atoms with E-state index in [1.165, 1.54) is 0 Å².